The number of rotatable bonds is 6. The van der Waals surface area contributed by atoms with E-state index >= 15 is 4.39 Å². The number of carbonyl (C=O) groups is 2. The number of likely N-dealkylation sites (N-methyl/N-ethyl adjacent to an activating group) is 1. The fraction of sp³-hybridized carbons (Fsp3) is 0.474. The van der Waals surface area contributed by atoms with Gasteiger partial charge in [-0.1, -0.05) is 6.92 Å². The highest BCUT2D eigenvalue weighted by Crippen LogP contribution is 2.40. The number of carboxylic acid groups (broad SMARTS) is 2. The summed E-state index contributed by atoms with van der Waals surface area (Å²) < 4.78 is 33.5. The Morgan fingerprint density at radius 2 is 1.37 bits per heavy atom. The van der Waals surface area contributed by atoms with E-state index in [2.05, 4.69) is 11.8 Å². The van der Waals surface area contributed by atoms with Crippen LogP contribution in [0.5, 0.6) is 0 Å². The van der Waals surface area contributed by atoms with Gasteiger partial charge in [0, 0.05) is 80.1 Å². The van der Waals surface area contributed by atoms with E-state index in [0.29, 0.717) is 54.8 Å². The molecule has 1 saturated carbocycles. The normalized spacial score (nSPS) is 19.5. The molecule has 4 aliphatic rings. The number of piperazine rings is 1. The Morgan fingerprint density at radius 1 is 0.769 bits per heavy atom. The minimum atomic E-state index is -1.30. The number of benzene rings is 2. The van der Waals surface area contributed by atoms with E-state index in [1.165, 1.54) is 24.5 Å². The molecule has 3 fully saturated rings. The van der Waals surface area contributed by atoms with Gasteiger partial charge in [-0.3, -0.25) is 9.59 Å². The highest BCUT2D eigenvalue weighted by molar-refractivity contribution is 5.96. The first-order chi connectivity index (χ1) is 24.9. The molecule has 8 rings (SSSR count). The van der Waals surface area contributed by atoms with Crippen molar-refractivity contribution >= 4 is 45.1 Å². The van der Waals surface area contributed by atoms with Crippen LogP contribution < -0.4 is 20.7 Å². The van der Waals surface area contributed by atoms with Gasteiger partial charge >= 0.3 is 11.9 Å². The van der Waals surface area contributed by atoms with Crippen LogP contribution in [0.1, 0.15) is 84.3 Å². The predicted octanol–water partition coefficient (Wildman–Crippen LogP) is 4.62. The predicted molar refractivity (Wildman–Crippen MR) is 193 cm³/mol. The lowest BCUT2D eigenvalue weighted by atomic mass is 9.93. The molecular formula is C38H43F2N5O7. The molecule has 0 bridgehead atoms. The summed E-state index contributed by atoms with van der Waals surface area (Å²) in [4.78, 5) is 54.2. The molecule has 14 heteroatoms. The van der Waals surface area contributed by atoms with E-state index < -0.39 is 34.4 Å². The second kappa shape index (κ2) is 14.0. The number of anilines is 2. The summed E-state index contributed by atoms with van der Waals surface area (Å²) in [6.07, 6.45) is 6.88. The number of aromatic nitrogens is 2. The molecule has 2 aromatic carbocycles. The summed E-state index contributed by atoms with van der Waals surface area (Å²) in [7, 11) is 0. The Balaban J connectivity index is 0.000000162. The van der Waals surface area contributed by atoms with Crippen LogP contribution in [0.4, 0.5) is 20.2 Å². The molecule has 1 aliphatic carbocycles. The molecule has 2 aromatic heterocycles. The number of aliphatic hydroxyl groups is 1. The lowest BCUT2D eigenvalue weighted by Crippen LogP contribution is -2.46. The molecule has 52 heavy (non-hydrogen) atoms. The maximum atomic E-state index is 15.0. The minimum absolute atomic E-state index is 0.0326. The summed E-state index contributed by atoms with van der Waals surface area (Å²) in [6, 6.07) is 4.33. The van der Waals surface area contributed by atoms with Crippen molar-refractivity contribution in [3.8, 4) is 0 Å². The summed E-state index contributed by atoms with van der Waals surface area (Å²) >= 11 is 0. The van der Waals surface area contributed by atoms with Crippen LogP contribution in [0.25, 0.3) is 21.8 Å². The number of nitrogens with zero attached hydrogens (tertiary/aromatic N) is 5. The zero-order chi connectivity index (χ0) is 37.0. The molecule has 1 unspecified atom stereocenters. The van der Waals surface area contributed by atoms with Gasteiger partial charge in [-0.25, -0.2) is 18.4 Å². The Morgan fingerprint density at radius 3 is 1.96 bits per heavy atom. The highest BCUT2D eigenvalue weighted by Gasteiger charge is 2.31. The fourth-order valence-electron chi connectivity index (χ4n) is 7.93. The molecule has 12 nitrogen and oxygen atoms in total. The lowest BCUT2D eigenvalue weighted by molar-refractivity contribution is 0.0684. The topological polar surface area (TPSA) is 149 Å². The molecule has 0 amide bonds. The second-order valence-electron chi connectivity index (χ2n) is 14.3. The number of pyridine rings is 2. The van der Waals surface area contributed by atoms with Gasteiger partial charge in [0.05, 0.1) is 28.5 Å². The van der Waals surface area contributed by atoms with Crippen LogP contribution in [-0.4, -0.2) is 93.2 Å². The Bertz CT molecular complexity index is 2200. The van der Waals surface area contributed by atoms with E-state index in [-0.39, 0.29) is 40.1 Å². The van der Waals surface area contributed by atoms with Crippen molar-refractivity contribution in [1.82, 2.24) is 14.0 Å². The molecule has 2 saturated heterocycles. The van der Waals surface area contributed by atoms with Crippen molar-refractivity contribution in [3.63, 3.8) is 0 Å². The molecule has 0 radical (unpaired) electrons. The lowest BCUT2D eigenvalue weighted by Gasteiger charge is -2.36. The Hall–Kier alpha value is -4.82. The third kappa shape index (κ3) is 6.42. The van der Waals surface area contributed by atoms with Gasteiger partial charge in [0.2, 0.25) is 10.9 Å². The van der Waals surface area contributed by atoms with Gasteiger partial charge in [-0.05, 0) is 70.2 Å². The maximum absolute atomic E-state index is 15.0. The molecule has 5 heterocycles. The molecular weight excluding hydrogens is 676 g/mol. The van der Waals surface area contributed by atoms with Crippen LogP contribution >= 0.6 is 0 Å². The summed E-state index contributed by atoms with van der Waals surface area (Å²) in [6.45, 7) is 9.40. The number of hydrogen-bond donors (Lipinski definition) is 3. The molecule has 3 aliphatic heterocycles. The minimum Gasteiger partial charge on any atom is -0.477 e. The van der Waals surface area contributed by atoms with Crippen molar-refractivity contribution in [3.05, 3.63) is 79.4 Å². The van der Waals surface area contributed by atoms with E-state index in [1.807, 2.05) is 21.3 Å². The average molecular weight is 720 g/mol. The van der Waals surface area contributed by atoms with E-state index in [9.17, 15) is 38.9 Å². The number of aryl methyl sites for hydroxylation is 1. The zero-order valence-corrected chi connectivity index (χ0v) is 29.3. The zero-order valence-electron chi connectivity index (χ0n) is 29.3. The number of hydrogen-bond acceptors (Lipinski definition) is 8. The number of aliphatic hydroxyl groups excluding tert-OH is 1. The second-order valence-corrected chi connectivity index (χ2v) is 14.3. The van der Waals surface area contributed by atoms with E-state index in [4.69, 9.17) is 0 Å². The fourth-order valence-corrected chi connectivity index (χ4v) is 7.93. The monoisotopic (exact) mass is 719 g/mol. The average Bonchev–Trinajstić information content (AvgIpc) is 3.97. The standard InChI is InChI=1S/C19H22FN3O3.C19H21FN2O4/c1-2-21-5-7-22(8-6-21)17-10-16-13(9-15(17)20)18(24)14(19(25)26)11-23(16)12-3-4-12;1-10-2-3-12-16-13(18(24)14(19(25)26)9-22(10)16)8-15(20)17(12)21-6-4-11(23)5-7-21/h9-12H,2-8H2,1H3,(H,25,26);8-11,23H,2-7H2,1H3,(H,25,26). The first kappa shape index (κ1) is 35.6. The summed E-state index contributed by atoms with van der Waals surface area (Å²) in [5.74, 6) is -3.53. The van der Waals surface area contributed by atoms with Gasteiger partial charge in [0.15, 0.2) is 0 Å². The van der Waals surface area contributed by atoms with Crippen LogP contribution in [0.2, 0.25) is 0 Å². The Labute approximate surface area is 298 Å². The number of carboxylic acids is 2. The molecule has 1 atom stereocenters. The third-order valence-corrected chi connectivity index (χ3v) is 11.1. The van der Waals surface area contributed by atoms with Crippen LogP contribution in [0, 0.1) is 11.6 Å². The smallest absolute Gasteiger partial charge is 0.341 e. The van der Waals surface area contributed by atoms with Crippen molar-refractivity contribution in [2.45, 2.75) is 70.6 Å². The van der Waals surface area contributed by atoms with E-state index in [1.54, 1.807) is 10.6 Å². The van der Waals surface area contributed by atoms with Gasteiger partial charge in [-0.15, -0.1) is 0 Å². The SMILES string of the molecule is CC1CCc2c(N3CCC(O)CC3)c(F)cc3c(=O)c(C(=O)O)cn1c23.CCN1CCN(c2cc3c(cc2F)c(=O)c(C(=O)O)cn3C2CC2)CC1. The molecule has 0 spiro atoms. The third-order valence-electron chi connectivity index (χ3n) is 11.1. The van der Waals surface area contributed by atoms with Gasteiger partial charge in [0.25, 0.3) is 0 Å². The van der Waals surface area contributed by atoms with Crippen LogP contribution in [0.3, 0.4) is 0 Å². The quantitative estimate of drug-likeness (QED) is 0.258. The number of fused-ring (bicyclic) bond motifs is 1. The molecule has 3 N–H and O–H groups in total. The van der Waals surface area contributed by atoms with Crippen molar-refractivity contribution in [1.29, 1.82) is 0 Å². The maximum Gasteiger partial charge on any atom is 0.341 e. The van der Waals surface area contributed by atoms with Crippen LogP contribution in [0.15, 0.2) is 40.2 Å². The van der Waals surface area contributed by atoms with Gasteiger partial charge in [0.1, 0.15) is 22.8 Å². The largest absolute Gasteiger partial charge is 0.477 e. The van der Waals surface area contributed by atoms with Crippen molar-refractivity contribution in [2.75, 3.05) is 55.6 Å². The summed E-state index contributed by atoms with van der Waals surface area (Å²) in [5, 5.41) is 28.6. The number of halogens is 2. The number of piperidine rings is 1. The molecule has 4 aromatic rings. The molecule has 276 valence electrons. The van der Waals surface area contributed by atoms with E-state index in [0.717, 1.165) is 57.5 Å². The van der Waals surface area contributed by atoms with Gasteiger partial charge < -0.3 is 39.2 Å². The summed E-state index contributed by atoms with van der Waals surface area (Å²) in [5.41, 5.74) is 1.13. The first-order valence-corrected chi connectivity index (χ1v) is 18.0. The Kier molecular flexibility index (Phi) is 9.55. The number of aromatic carboxylic acids is 2. The van der Waals surface area contributed by atoms with Crippen molar-refractivity contribution in [2.24, 2.45) is 0 Å². The highest BCUT2D eigenvalue weighted by atomic mass is 19.1. The van der Waals surface area contributed by atoms with Crippen LogP contribution in [-0.2, 0) is 6.42 Å². The van der Waals surface area contributed by atoms with Crippen molar-refractivity contribution < 1.29 is 33.7 Å². The van der Waals surface area contributed by atoms with Gasteiger partial charge in [-0.2, -0.15) is 0 Å². The first-order valence-electron chi connectivity index (χ1n) is 18.0.